The van der Waals surface area contributed by atoms with Crippen LogP contribution in [-0.4, -0.2) is 6.61 Å². The van der Waals surface area contributed by atoms with Crippen molar-refractivity contribution in [2.75, 3.05) is 6.61 Å². The molecule has 4 heteroatoms. The Hall–Kier alpha value is -1.18. The van der Waals surface area contributed by atoms with Crippen LogP contribution in [0.3, 0.4) is 0 Å². The molecule has 0 fully saturated rings. The van der Waals surface area contributed by atoms with Crippen molar-refractivity contribution in [3.8, 4) is 5.75 Å². The molecule has 0 aromatic heterocycles. The van der Waals surface area contributed by atoms with E-state index in [0.717, 1.165) is 19.3 Å². The molecule has 0 radical (unpaired) electrons. The van der Waals surface area contributed by atoms with Crippen molar-refractivity contribution in [2.45, 2.75) is 19.3 Å². The van der Waals surface area contributed by atoms with Crippen LogP contribution < -0.4 is 4.52 Å². The lowest BCUT2D eigenvalue weighted by atomic mass is 9.96. The highest BCUT2D eigenvalue weighted by Crippen LogP contribution is 2.30. The summed E-state index contributed by atoms with van der Waals surface area (Å²) in [6.45, 7) is 0.506. The molecule has 1 aromatic rings. The second-order valence-electron chi connectivity index (χ2n) is 4.07. The van der Waals surface area contributed by atoms with E-state index in [0.29, 0.717) is 18.3 Å². The summed E-state index contributed by atoms with van der Waals surface area (Å²) in [7, 11) is -2.06. The van der Waals surface area contributed by atoms with Gasteiger partial charge in [-0.25, -0.2) is 4.52 Å². The monoisotopic (exact) mass is 251 g/mol. The summed E-state index contributed by atoms with van der Waals surface area (Å²) in [6.07, 6.45) is 7.53. The van der Waals surface area contributed by atoms with Gasteiger partial charge in [-0.15, -0.1) is 4.52 Å². The maximum atomic E-state index is 11.5. The molecule has 2 rings (SSSR count). The third-order valence-electron chi connectivity index (χ3n) is 2.72. The second-order valence-corrected chi connectivity index (χ2v) is 4.96. The first-order chi connectivity index (χ1) is 8.34. The molecule has 0 heterocycles. The minimum atomic E-state index is -2.06. The predicted molar refractivity (Wildman–Crippen MR) is 67.1 cm³/mol. The zero-order valence-corrected chi connectivity index (χ0v) is 10.5. The molecule has 1 aromatic carbocycles. The number of hydrogen-bond acceptors (Lipinski definition) is 3. The van der Waals surface area contributed by atoms with Crippen LogP contribution in [0.1, 0.15) is 19.3 Å². The summed E-state index contributed by atoms with van der Waals surface area (Å²) in [5, 5.41) is 0. The quantitative estimate of drug-likeness (QED) is 0.584. The first kappa shape index (κ1) is 12.3. The molecule has 0 bridgehead atoms. The van der Waals surface area contributed by atoms with Crippen LogP contribution in [0.4, 0.5) is 0 Å². The molecule has 0 amide bonds. The van der Waals surface area contributed by atoms with Gasteiger partial charge in [-0.1, -0.05) is 30.4 Å². The molecule has 2 atom stereocenters. The van der Waals surface area contributed by atoms with Crippen LogP contribution in [0, 0.1) is 5.92 Å². The minimum absolute atomic E-state index is 0.471. The Bertz CT molecular complexity index is 389. The van der Waals surface area contributed by atoms with Gasteiger partial charge >= 0.3 is 8.25 Å². The summed E-state index contributed by atoms with van der Waals surface area (Å²) in [5.41, 5.74) is 0. The smallest absolute Gasteiger partial charge is 0.229 e. The molecule has 0 N–H and O–H groups in total. The fraction of sp³-hybridized carbons (Fsp3) is 0.385. The third kappa shape index (κ3) is 4.29. The minimum Gasteiger partial charge on any atom is -0.229 e. The van der Waals surface area contributed by atoms with Crippen molar-refractivity contribution in [3.05, 3.63) is 42.5 Å². The molecular weight excluding hydrogens is 235 g/mol. The van der Waals surface area contributed by atoms with E-state index in [2.05, 4.69) is 12.2 Å². The molecule has 0 aliphatic heterocycles. The van der Waals surface area contributed by atoms with E-state index >= 15 is 0 Å². The van der Waals surface area contributed by atoms with E-state index in [4.69, 9.17) is 9.05 Å². The summed E-state index contributed by atoms with van der Waals surface area (Å²) in [6, 6.07) is 9.09. The molecule has 0 spiro atoms. The highest BCUT2D eigenvalue weighted by atomic mass is 31.1. The molecule has 0 saturated carbocycles. The van der Waals surface area contributed by atoms with Gasteiger partial charge in [0, 0.05) is 4.57 Å². The average Bonchev–Trinajstić information content (AvgIpc) is 2.39. The third-order valence-corrected chi connectivity index (χ3v) is 3.44. The lowest BCUT2D eigenvalue weighted by Gasteiger charge is -2.13. The Balaban J connectivity index is 1.72. The maximum Gasteiger partial charge on any atom is 0.750 e. The van der Waals surface area contributed by atoms with Crippen LogP contribution >= 0.6 is 8.25 Å². The summed E-state index contributed by atoms with van der Waals surface area (Å²) < 4.78 is 22.0. The Morgan fingerprint density at radius 3 is 2.76 bits per heavy atom. The number of hydrogen-bond donors (Lipinski definition) is 0. The zero-order valence-electron chi connectivity index (χ0n) is 9.62. The molecule has 17 heavy (non-hydrogen) atoms. The second kappa shape index (κ2) is 6.53. The topological polar surface area (TPSA) is 35.5 Å². The van der Waals surface area contributed by atoms with Gasteiger partial charge in [-0.2, -0.15) is 0 Å². The number of allylic oxidation sites excluding steroid dienone is 2. The van der Waals surface area contributed by atoms with Crippen molar-refractivity contribution in [2.24, 2.45) is 5.92 Å². The van der Waals surface area contributed by atoms with Crippen LogP contribution in [-0.2, 0) is 9.09 Å². The number of benzene rings is 1. The summed E-state index contributed by atoms with van der Waals surface area (Å²) in [4.78, 5) is 0. The molecule has 2 unspecified atom stereocenters. The Labute approximate surface area is 102 Å². The van der Waals surface area contributed by atoms with Gasteiger partial charge < -0.3 is 0 Å². The van der Waals surface area contributed by atoms with Gasteiger partial charge in [-0.3, -0.25) is 0 Å². The van der Waals surface area contributed by atoms with Gasteiger partial charge in [-0.05, 0) is 37.3 Å². The fourth-order valence-electron chi connectivity index (χ4n) is 1.77. The Morgan fingerprint density at radius 2 is 2.06 bits per heavy atom. The standard InChI is InChI=1S/C13H16O3P/c14-17(16-13-9-5-2-6-10-13)15-11-12-7-3-1-4-8-12/h1-3,5-6,9-10,12H,4,7-8,11H2/q+1. The maximum absolute atomic E-state index is 11.5. The lowest BCUT2D eigenvalue weighted by Crippen LogP contribution is -2.08. The highest BCUT2D eigenvalue weighted by molar-refractivity contribution is 7.33. The summed E-state index contributed by atoms with van der Waals surface area (Å²) in [5.74, 6) is 1.05. The fourth-order valence-corrected chi connectivity index (χ4v) is 2.45. The number of para-hydroxylation sites is 1. The predicted octanol–water partition coefficient (Wildman–Crippen LogP) is 4.10. The molecule has 1 aliphatic rings. The van der Waals surface area contributed by atoms with Crippen LogP contribution in [0.15, 0.2) is 42.5 Å². The van der Waals surface area contributed by atoms with E-state index in [1.54, 1.807) is 12.1 Å². The van der Waals surface area contributed by atoms with Crippen molar-refractivity contribution in [1.82, 2.24) is 0 Å². The van der Waals surface area contributed by atoms with Gasteiger partial charge in [0.15, 0.2) is 5.75 Å². The Kier molecular flexibility index (Phi) is 4.72. The normalized spacial score (nSPS) is 20.0. The van der Waals surface area contributed by atoms with Crippen molar-refractivity contribution >= 4 is 8.25 Å². The SMILES string of the molecule is O=[P+](OCC1CC=CCC1)Oc1ccccc1. The van der Waals surface area contributed by atoms with E-state index in [1.807, 2.05) is 18.2 Å². The molecule has 3 nitrogen and oxygen atoms in total. The molecule has 1 aliphatic carbocycles. The summed E-state index contributed by atoms with van der Waals surface area (Å²) >= 11 is 0. The van der Waals surface area contributed by atoms with Crippen molar-refractivity contribution in [1.29, 1.82) is 0 Å². The van der Waals surface area contributed by atoms with Gasteiger partial charge in [0.25, 0.3) is 0 Å². The van der Waals surface area contributed by atoms with Gasteiger partial charge in [0.1, 0.15) is 6.61 Å². The largest absolute Gasteiger partial charge is 0.750 e. The lowest BCUT2D eigenvalue weighted by molar-refractivity contribution is 0.226. The first-order valence-corrected chi connectivity index (χ1v) is 6.92. The molecule has 0 saturated heterocycles. The van der Waals surface area contributed by atoms with Crippen LogP contribution in [0.25, 0.3) is 0 Å². The Morgan fingerprint density at radius 1 is 1.24 bits per heavy atom. The zero-order chi connectivity index (χ0) is 11.9. The molecular formula is C13H16O3P+. The van der Waals surface area contributed by atoms with Crippen molar-refractivity contribution in [3.63, 3.8) is 0 Å². The van der Waals surface area contributed by atoms with E-state index in [1.165, 1.54) is 0 Å². The van der Waals surface area contributed by atoms with Crippen LogP contribution in [0.5, 0.6) is 5.75 Å². The van der Waals surface area contributed by atoms with E-state index < -0.39 is 8.25 Å². The van der Waals surface area contributed by atoms with E-state index in [-0.39, 0.29) is 0 Å². The highest BCUT2D eigenvalue weighted by Gasteiger charge is 2.24. The van der Waals surface area contributed by atoms with Crippen molar-refractivity contribution < 1.29 is 13.6 Å². The van der Waals surface area contributed by atoms with Crippen LogP contribution in [0.2, 0.25) is 0 Å². The van der Waals surface area contributed by atoms with Gasteiger partial charge in [0.05, 0.1) is 0 Å². The van der Waals surface area contributed by atoms with E-state index in [9.17, 15) is 4.57 Å². The number of rotatable bonds is 5. The van der Waals surface area contributed by atoms with Gasteiger partial charge in [0.2, 0.25) is 0 Å². The average molecular weight is 251 g/mol. The first-order valence-electron chi connectivity index (χ1n) is 5.83. The molecule has 90 valence electrons.